The summed E-state index contributed by atoms with van der Waals surface area (Å²) >= 11 is 3.02. The number of nitrogens with two attached hydrogens (primary N) is 2. The van der Waals surface area contributed by atoms with E-state index in [9.17, 15) is 29.1 Å². The average Bonchev–Trinajstić information content (AvgIpc) is 2.78. The Morgan fingerprint density at radius 2 is 1.26 bits per heavy atom. The lowest BCUT2D eigenvalue weighted by Gasteiger charge is -2.25. The van der Waals surface area contributed by atoms with E-state index in [1.165, 1.54) is 11.8 Å². The van der Waals surface area contributed by atoms with Crippen molar-refractivity contribution in [2.75, 3.05) is 30.6 Å². The third-order valence-corrected chi connectivity index (χ3v) is 6.07. The van der Waals surface area contributed by atoms with Crippen molar-refractivity contribution in [1.82, 2.24) is 16.0 Å². The fourth-order valence-corrected chi connectivity index (χ4v) is 3.80. The predicted molar refractivity (Wildman–Crippen MR) is 133 cm³/mol. The molecule has 196 valence electrons. The minimum Gasteiger partial charge on any atom is -0.481 e. The molecule has 0 radical (unpaired) electrons. The van der Waals surface area contributed by atoms with Gasteiger partial charge in [-0.2, -0.15) is 23.5 Å². The molecule has 34 heavy (non-hydrogen) atoms. The summed E-state index contributed by atoms with van der Waals surface area (Å²) in [6.45, 7) is 0.361. The first-order valence-electron chi connectivity index (χ1n) is 10.9. The molecular weight excluding hydrogens is 486 g/mol. The molecule has 0 saturated carbocycles. The molecular formula is C20H37N5O7S2. The van der Waals surface area contributed by atoms with Gasteiger partial charge in [-0.25, -0.2) is 4.79 Å². The normalized spacial score (nSPS) is 14.4. The molecule has 9 N–H and O–H groups in total. The number of carbonyl (C=O) groups excluding carboxylic acids is 3. The maximum atomic E-state index is 13.0. The second-order valence-corrected chi connectivity index (χ2v) is 9.54. The van der Waals surface area contributed by atoms with Crippen LogP contribution in [-0.4, -0.2) is 94.6 Å². The van der Waals surface area contributed by atoms with Gasteiger partial charge in [0.15, 0.2) is 0 Å². The highest BCUT2D eigenvalue weighted by atomic mass is 32.2. The first-order chi connectivity index (χ1) is 16.1. The Balaban J connectivity index is 5.44. The average molecular weight is 524 g/mol. The largest absolute Gasteiger partial charge is 0.481 e. The summed E-state index contributed by atoms with van der Waals surface area (Å²) in [5, 5.41) is 25.5. The molecule has 4 atom stereocenters. The molecule has 0 heterocycles. The summed E-state index contributed by atoms with van der Waals surface area (Å²) in [5.41, 5.74) is 11.4. The molecule has 14 heteroatoms. The zero-order valence-electron chi connectivity index (χ0n) is 19.6. The summed E-state index contributed by atoms with van der Waals surface area (Å²) in [7, 11) is 0. The van der Waals surface area contributed by atoms with E-state index in [4.69, 9.17) is 16.6 Å². The van der Waals surface area contributed by atoms with E-state index in [-0.39, 0.29) is 6.42 Å². The van der Waals surface area contributed by atoms with Crippen LogP contribution in [0.1, 0.15) is 38.5 Å². The van der Waals surface area contributed by atoms with Crippen LogP contribution < -0.4 is 27.4 Å². The highest BCUT2D eigenvalue weighted by Crippen LogP contribution is 2.07. The van der Waals surface area contributed by atoms with Gasteiger partial charge in [0.25, 0.3) is 0 Å². The van der Waals surface area contributed by atoms with Crippen molar-refractivity contribution in [2.24, 2.45) is 11.5 Å². The number of aliphatic carboxylic acids is 2. The van der Waals surface area contributed by atoms with Crippen LogP contribution in [0.5, 0.6) is 0 Å². The fourth-order valence-electron chi connectivity index (χ4n) is 2.84. The summed E-state index contributed by atoms with van der Waals surface area (Å²) in [6, 6.07) is -4.51. The zero-order chi connectivity index (χ0) is 26.1. The van der Waals surface area contributed by atoms with Crippen LogP contribution in [0.3, 0.4) is 0 Å². The van der Waals surface area contributed by atoms with Crippen molar-refractivity contribution in [3.8, 4) is 0 Å². The van der Waals surface area contributed by atoms with Crippen molar-refractivity contribution in [2.45, 2.75) is 62.7 Å². The third-order valence-electron chi connectivity index (χ3n) is 4.79. The van der Waals surface area contributed by atoms with Gasteiger partial charge in [-0.05, 0) is 62.7 Å². The molecule has 0 aliphatic carbocycles. The smallest absolute Gasteiger partial charge is 0.326 e. The maximum absolute atomic E-state index is 13.0. The second kappa shape index (κ2) is 18.3. The third kappa shape index (κ3) is 13.6. The van der Waals surface area contributed by atoms with Crippen molar-refractivity contribution in [3.63, 3.8) is 0 Å². The number of hydrogen-bond acceptors (Lipinski definition) is 9. The molecule has 0 aliphatic rings. The van der Waals surface area contributed by atoms with Gasteiger partial charge in [-0.1, -0.05) is 0 Å². The lowest BCUT2D eigenvalue weighted by Crippen LogP contribution is -2.57. The van der Waals surface area contributed by atoms with E-state index >= 15 is 0 Å². The van der Waals surface area contributed by atoms with Crippen LogP contribution in [0.25, 0.3) is 0 Å². The number of carboxylic acids is 2. The van der Waals surface area contributed by atoms with E-state index in [1.807, 2.05) is 12.5 Å². The molecule has 0 aromatic carbocycles. The molecule has 0 aliphatic heterocycles. The Hall–Kier alpha value is -2.03. The standard InChI is InChI=1S/C20H37N5O7S2/c1-33-9-6-12(22)17(28)23-14(7-10-34-2)19(30)24-13(5-3-4-8-21)18(29)25-15(20(31)32)11-16(26)27/h12-15H,3-11,21-22H2,1-2H3,(H,23,28)(H,24,30)(H,25,29)(H,26,27)(H,31,32). The molecule has 0 aromatic rings. The zero-order valence-corrected chi connectivity index (χ0v) is 21.2. The number of nitrogens with one attached hydrogen (secondary N) is 3. The summed E-state index contributed by atoms with van der Waals surface area (Å²) < 4.78 is 0. The number of hydrogen-bond donors (Lipinski definition) is 7. The Kier molecular flexibility index (Phi) is 17.2. The Bertz CT molecular complexity index is 684. The van der Waals surface area contributed by atoms with Crippen LogP contribution in [-0.2, 0) is 24.0 Å². The summed E-state index contributed by atoms with van der Waals surface area (Å²) in [6.07, 6.45) is 4.84. The minimum absolute atomic E-state index is 0.157. The highest BCUT2D eigenvalue weighted by molar-refractivity contribution is 7.98. The van der Waals surface area contributed by atoms with E-state index in [1.54, 1.807) is 11.8 Å². The van der Waals surface area contributed by atoms with Gasteiger partial charge in [0.1, 0.15) is 18.1 Å². The van der Waals surface area contributed by atoms with Gasteiger partial charge < -0.3 is 37.6 Å². The second-order valence-electron chi connectivity index (χ2n) is 7.57. The minimum atomic E-state index is -1.65. The number of unbranched alkanes of at least 4 members (excludes halogenated alkanes) is 1. The van der Waals surface area contributed by atoms with Crippen LogP contribution in [0.15, 0.2) is 0 Å². The predicted octanol–water partition coefficient (Wildman–Crippen LogP) is -1.04. The SMILES string of the molecule is CSCCC(N)C(=O)NC(CCSC)C(=O)NC(CCCCN)C(=O)NC(CC(=O)O)C(=O)O. The first-order valence-corrected chi connectivity index (χ1v) is 13.6. The van der Waals surface area contributed by atoms with E-state index in [2.05, 4.69) is 16.0 Å². The topological polar surface area (TPSA) is 214 Å². The van der Waals surface area contributed by atoms with Gasteiger partial charge in [0.05, 0.1) is 12.5 Å². The molecule has 0 saturated heterocycles. The number of carboxylic acid groups (broad SMARTS) is 2. The van der Waals surface area contributed by atoms with Crippen LogP contribution in [0.4, 0.5) is 0 Å². The van der Waals surface area contributed by atoms with Gasteiger partial charge in [0.2, 0.25) is 17.7 Å². The molecule has 0 bridgehead atoms. The maximum Gasteiger partial charge on any atom is 0.326 e. The Morgan fingerprint density at radius 1 is 0.765 bits per heavy atom. The molecule has 0 spiro atoms. The highest BCUT2D eigenvalue weighted by Gasteiger charge is 2.30. The van der Waals surface area contributed by atoms with Gasteiger partial charge >= 0.3 is 11.9 Å². The van der Waals surface area contributed by atoms with Gasteiger partial charge in [-0.15, -0.1) is 0 Å². The molecule has 0 aromatic heterocycles. The lowest BCUT2D eigenvalue weighted by atomic mass is 10.1. The fraction of sp³-hybridized carbons (Fsp3) is 0.750. The van der Waals surface area contributed by atoms with E-state index in [0.29, 0.717) is 43.7 Å². The number of amides is 3. The summed E-state index contributed by atoms with van der Waals surface area (Å²) in [5.74, 6) is -3.58. The lowest BCUT2D eigenvalue weighted by molar-refractivity contribution is -0.147. The number of thioether (sulfide) groups is 2. The molecule has 0 fully saturated rings. The first kappa shape index (κ1) is 32.0. The van der Waals surface area contributed by atoms with Gasteiger partial charge in [-0.3, -0.25) is 19.2 Å². The van der Waals surface area contributed by atoms with Crippen molar-refractivity contribution in [1.29, 1.82) is 0 Å². The monoisotopic (exact) mass is 523 g/mol. The molecule has 4 unspecified atom stereocenters. The quantitative estimate of drug-likeness (QED) is 0.102. The van der Waals surface area contributed by atoms with Crippen molar-refractivity contribution >= 4 is 53.2 Å². The molecule has 3 amide bonds. The molecule has 12 nitrogen and oxygen atoms in total. The van der Waals surface area contributed by atoms with Crippen molar-refractivity contribution < 1.29 is 34.2 Å². The number of rotatable bonds is 19. The summed E-state index contributed by atoms with van der Waals surface area (Å²) in [4.78, 5) is 60.4. The Morgan fingerprint density at radius 3 is 1.76 bits per heavy atom. The number of carbonyl (C=O) groups is 5. The van der Waals surface area contributed by atoms with Crippen LogP contribution in [0.2, 0.25) is 0 Å². The van der Waals surface area contributed by atoms with Crippen LogP contribution >= 0.6 is 23.5 Å². The van der Waals surface area contributed by atoms with E-state index in [0.717, 1.165) is 0 Å². The van der Waals surface area contributed by atoms with E-state index < -0.39 is 60.2 Å². The molecule has 0 rings (SSSR count). The van der Waals surface area contributed by atoms with Crippen LogP contribution in [0, 0.1) is 0 Å². The van der Waals surface area contributed by atoms with Gasteiger partial charge in [0, 0.05) is 0 Å². The van der Waals surface area contributed by atoms with Crippen molar-refractivity contribution in [3.05, 3.63) is 0 Å². The Labute approximate surface area is 208 Å².